The molecule has 1 aromatic carbocycles. The second-order valence-corrected chi connectivity index (χ2v) is 6.28. The van der Waals surface area contributed by atoms with Gasteiger partial charge in [0.15, 0.2) is 17.5 Å². The quantitative estimate of drug-likeness (QED) is 0.324. The summed E-state index contributed by atoms with van der Waals surface area (Å²) in [5.74, 6) is 2.32. The van der Waals surface area contributed by atoms with Gasteiger partial charge in [-0.25, -0.2) is 0 Å². The van der Waals surface area contributed by atoms with Gasteiger partial charge in [-0.15, -0.1) is 24.0 Å². The minimum Gasteiger partial charge on any atom is -0.490 e. The maximum atomic E-state index is 5.71. The van der Waals surface area contributed by atoms with Crippen molar-refractivity contribution in [3.05, 3.63) is 46.2 Å². The first-order valence-corrected chi connectivity index (χ1v) is 9.50. The predicted octanol–water partition coefficient (Wildman–Crippen LogP) is 4.59. The lowest BCUT2D eigenvalue weighted by Gasteiger charge is -2.20. The highest BCUT2D eigenvalue weighted by Gasteiger charge is 2.12. The standard InChI is InChI=1S/C19H27N3O2S.HI/c1-5-23-17-8-7-16(11-18(17)24-6-2)14(3)22-19(20-4)21-12-15-9-10-25-13-15;/h7-11,13-14H,5-6,12H2,1-4H3,(H2,20,21,22);1H. The van der Waals surface area contributed by atoms with Crippen molar-refractivity contribution in [3.63, 3.8) is 0 Å². The van der Waals surface area contributed by atoms with Crippen LogP contribution in [0.25, 0.3) is 0 Å². The highest BCUT2D eigenvalue weighted by Crippen LogP contribution is 2.30. The van der Waals surface area contributed by atoms with Crippen LogP contribution in [0, 0.1) is 0 Å². The molecular formula is C19H28IN3O2S. The number of ether oxygens (including phenoxy) is 2. The monoisotopic (exact) mass is 489 g/mol. The highest BCUT2D eigenvalue weighted by atomic mass is 127. The van der Waals surface area contributed by atoms with E-state index in [0.29, 0.717) is 13.2 Å². The van der Waals surface area contributed by atoms with Gasteiger partial charge in [-0.3, -0.25) is 4.99 Å². The van der Waals surface area contributed by atoms with Gasteiger partial charge in [0.1, 0.15) is 0 Å². The molecule has 2 N–H and O–H groups in total. The molecule has 0 bridgehead atoms. The molecule has 26 heavy (non-hydrogen) atoms. The first-order valence-electron chi connectivity index (χ1n) is 8.55. The Morgan fingerprint density at radius 2 is 1.88 bits per heavy atom. The van der Waals surface area contributed by atoms with Crippen molar-refractivity contribution in [1.82, 2.24) is 10.6 Å². The maximum absolute atomic E-state index is 5.71. The van der Waals surface area contributed by atoms with Crippen LogP contribution in [0.3, 0.4) is 0 Å². The average Bonchev–Trinajstić information content (AvgIpc) is 3.13. The largest absolute Gasteiger partial charge is 0.490 e. The van der Waals surface area contributed by atoms with E-state index in [9.17, 15) is 0 Å². The van der Waals surface area contributed by atoms with Crippen molar-refractivity contribution in [2.45, 2.75) is 33.4 Å². The van der Waals surface area contributed by atoms with Gasteiger partial charge >= 0.3 is 0 Å². The molecule has 2 rings (SSSR count). The van der Waals surface area contributed by atoms with Gasteiger partial charge in [0.2, 0.25) is 0 Å². The lowest BCUT2D eigenvalue weighted by atomic mass is 10.1. The summed E-state index contributed by atoms with van der Waals surface area (Å²) in [5, 5.41) is 10.9. The summed E-state index contributed by atoms with van der Waals surface area (Å²) < 4.78 is 11.3. The first kappa shape index (κ1) is 22.6. The van der Waals surface area contributed by atoms with Gasteiger partial charge < -0.3 is 20.1 Å². The van der Waals surface area contributed by atoms with Gasteiger partial charge in [-0.2, -0.15) is 11.3 Å². The second kappa shape index (κ2) is 12.0. The fraction of sp³-hybridized carbons (Fsp3) is 0.421. The molecule has 0 fully saturated rings. The van der Waals surface area contributed by atoms with Crippen LogP contribution in [0.2, 0.25) is 0 Å². The molecule has 0 spiro atoms. The average molecular weight is 489 g/mol. The number of nitrogens with one attached hydrogen (secondary N) is 2. The van der Waals surface area contributed by atoms with Crippen molar-refractivity contribution < 1.29 is 9.47 Å². The van der Waals surface area contributed by atoms with E-state index < -0.39 is 0 Å². The van der Waals surface area contributed by atoms with E-state index in [2.05, 4.69) is 45.4 Å². The van der Waals surface area contributed by atoms with Gasteiger partial charge in [0.25, 0.3) is 0 Å². The Kier molecular flexibility index (Phi) is 10.4. The SMILES string of the molecule is CCOc1ccc(C(C)NC(=NC)NCc2ccsc2)cc1OCC.I. The van der Waals surface area contributed by atoms with E-state index >= 15 is 0 Å². The molecule has 2 aromatic rings. The molecule has 1 unspecified atom stereocenters. The third-order valence-corrected chi connectivity index (χ3v) is 4.42. The highest BCUT2D eigenvalue weighted by molar-refractivity contribution is 14.0. The summed E-state index contributed by atoms with van der Waals surface area (Å²) in [6.45, 7) is 8.02. The van der Waals surface area contributed by atoms with Crippen LogP contribution in [-0.4, -0.2) is 26.2 Å². The van der Waals surface area contributed by atoms with E-state index in [4.69, 9.17) is 9.47 Å². The first-order chi connectivity index (χ1) is 12.2. The summed E-state index contributed by atoms with van der Waals surface area (Å²) in [4.78, 5) is 4.30. The molecule has 0 aliphatic rings. The van der Waals surface area contributed by atoms with Crippen LogP contribution >= 0.6 is 35.3 Å². The number of guanidine groups is 1. The van der Waals surface area contributed by atoms with Crippen molar-refractivity contribution in [2.75, 3.05) is 20.3 Å². The van der Waals surface area contributed by atoms with Gasteiger partial charge in [-0.1, -0.05) is 6.07 Å². The zero-order valence-electron chi connectivity index (χ0n) is 15.7. The van der Waals surface area contributed by atoms with Crippen LogP contribution in [0.15, 0.2) is 40.0 Å². The molecule has 1 heterocycles. The van der Waals surface area contributed by atoms with E-state index in [1.807, 2.05) is 26.0 Å². The van der Waals surface area contributed by atoms with E-state index in [0.717, 1.165) is 29.6 Å². The molecule has 0 saturated carbocycles. The summed E-state index contributed by atoms with van der Waals surface area (Å²) in [7, 11) is 1.78. The number of thiophene rings is 1. The number of rotatable bonds is 8. The third kappa shape index (κ3) is 6.68. The van der Waals surface area contributed by atoms with Crippen molar-refractivity contribution in [3.8, 4) is 11.5 Å². The van der Waals surface area contributed by atoms with Crippen molar-refractivity contribution >= 4 is 41.3 Å². The molecule has 7 heteroatoms. The Hall–Kier alpha value is -1.48. The number of nitrogens with zero attached hydrogens (tertiary/aromatic N) is 1. The molecule has 0 aliphatic carbocycles. The Bertz CT molecular complexity index is 677. The van der Waals surface area contributed by atoms with Gasteiger partial charge in [0, 0.05) is 13.6 Å². The summed E-state index contributed by atoms with van der Waals surface area (Å²) in [6.07, 6.45) is 0. The minimum absolute atomic E-state index is 0. The smallest absolute Gasteiger partial charge is 0.191 e. The lowest BCUT2D eigenvalue weighted by molar-refractivity contribution is 0.287. The second-order valence-electron chi connectivity index (χ2n) is 5.50. The molecule has 1 atom stereocenters. The number of aliphatic imine (C=N–C) groups is 1. The van der Waals surface area contributed by atoms with Crippen LogP contribution in [0.4, 0.5) is 0 Å². The van der Waals surface area contributed by atoms with Gasteiger partial charge in [-0.05, 0) is 60.9 Å². The predicted molar refractivity (Wildman–Crippen MR) is 120 cm³/mol. The summed E-state index contributed by atoms with van der Waals surface area (Å²) >= 11 is 1.70. The van der Waals surface area contributed by atoms with Crippen molar-refractivity contribution in [2.24, 2.45) is 4.99 Å². The van der Waals surface area contributed by atoms with Crippen molar-refractivity contribution in [1.29, 1.82) is 0 Å². The molecule has 0 aliphatic heterocycles. The van der Waals surface area contributed by atoms with Crippen LogP contribution < -0.4 is 20.1 Å². The molecular weight excluding hydrogens is 461 g/mol. The number of benzene rings is 1. The lowest BCUT2D eigenvalue weighted by Crippen LogP contribution is -2.38. The van der Waals surface area contributed by atoms with Crippen LogP contribution in [0.5, 0.6) is 11.5 Å². The minimum atomic E-state index is 0. The number of hydrogen-bond acceptors (Lipinski definition) is 4. The topological polar surface area (TPSA) is 54.9 Å². The number of hydrogen-bond donors (Lipinski definition) is 2. The Labute approximate surface area is 177 Å². The fourth-order valence-electron chi connectivity index (χ4n) is 2.40. The molecule has 0 saturated heterocycles. The zero-order valence-corrected chi connectivity index (χ0v) is 18.9. The zero-order chi connectivity index (χ0) is 18.1. The number of halogens is 1. The molecule has 0 radical (unpaired) electrons. The van der Waals surface area contributed by atoms with E-state index in [1.165, 1.54) is 5.56 Å². The third-order valence-electron chi connectivity index (χ3n) is 3.68. The summed E-state index contributed by atoms with van der Waals surface area (Å²) in [6, 6.07) is 8.23. The van der Waals surface area contributed by atoms with Crippen LogP contribution in [0.1, 0.15) is 37.9 Å². The summed E-state index contributed by atoms with van der Waals surface area (Å²) in [5.41, 5.74) is 2.37. The van der Waals surface area contributed by atoms with Gasteiger partial charge in [0.05, 0.1) is 19.3 Å². The molecule has 144 valence electrons. The van der Waals surface area contributed by atoms with Crippen LogP contribution in [-0.2, 0) is 6.54 Å². The fourth-order valence-corrected chi connectivity index (χ4v) is 3.07. The normalized spacial score (nSPS) is 12.1. The molecule has 1 aromatic heterocycles. The van der Waals surface area contributed by atoms with E-state index in [-0.39, 0.29) is 30.0 Å². The van der Waals surface area contributed by atoms with E-state index in [1.54, 1.807) is 18.4 Å². The maximum Gasteiger partial charge on any atom is 0.191 e. The Morgan fingerprint density at radius 3 is 2.50 bits per heavy atom. The Morgan fingerprint density at radius 1 is 1.15 bits per heavy atom. The molecule has 0 amide bonds. The Balaban J connectivity index is 0.00000338. The molecule has 5 nitrogen and oxygen atoms in total.